The Morgan fingerprint density at radius 1 is 0.591 bits per heavy atom. The van der Waals surface area contributed by atoms with Gasteiger partial charge in [-0.15, -0.1) is 0 Å². The first kappa shape index (κ1) is 11.8. The van der Waals surface area contributed by atoms with Crippen molar-refractivity contribution < 1.29 is 0 Å². The first-order valence-electron chi connectivity index (χ1n) is 7.61. The molecule has 0 fully saturated rings. The van der Waals surface area contributed by atoms with E-state index in [1.54, 1.807) is 0 Å². The van der Waals surface area contributed by atoms with Crippen LogP contribution in [0, 0.1) is 0 Å². The fraction of sp³-hybridized carbons (Fsp3) is 0.0476. The second-order valence-electron chi connectivity index (χ2n) is 5.97. The summed E-state index contributed by atoms with van der Waals surface area (Å²) in [6.07, 6.45) is 2.13. The van der Waals surface area contributed by atoms with Gasteiger partial charge in [0.15, 0.2) is 0 Å². The van der Waals surface area contributed by atoms with Crippen molar-refractivity contribution in [2.45, 2.75) is 0 Å². The molecule has 1 aromatic heterocycles. The molecule has 0 N–H and O–H groups in total. The molecule has 0 radical (unpaired) electrons. The number of benzene rings is 4. The van der Waals surface area contributed by atoms with Gasteiger partial charge >= 0.3 is 0 Å². The number of aryl methyl sites for hydroxylation is 1. The molecule has 104 valence electrons. The highest BCUT2D eigenvalue weighted by atomic mass is 14.9. The van der Waals surface area contributed by atoms with Crippen LogP contribution < -0.4 is 0 Å². The Morgan fingerprint density at radius 3 is 1.68 bits per heavy atom. The van der Waals surface area contributed by atoms with E-state index in [9.17, 15) is 0 Å². The second-order valence-corrected chi connectivity index (χ2v) is 5.97. The zero-order chi connectivity index (χ0) is 14.7. The Hall–Kier alpha value is -2.80. The van der Waals surface area contributed by atoms with E-state index in [4.69, 9.17) is 0 Å². The Kier molecular flexibility index (Phi) is 2.21. The number of hydrogen-bond acceptors (Lipinski definition) is 0. The predicted molar refractivity (Wildman–Crippen MR) is 95.4 cm³/mol. The molecule has 1 nitrogen and oxygen atoms in total. The molecule has 22 heavy (non-hydrogen) atoms. The molecule has 0 saturated carbocycles. The van der Waals surface area contributed by atoms with E-state index in [1.165, 1.54) is 43.2 Å². The molecular formula is C21H15N. The van der Waals surface area contributed by atoms with Crippen molar-refractivity contribution in [2.24, 2.45) is 7.05 Å². The molecule has 1 heteroatoms. The molecule has 0 spiro atoms. The summed E-state index contributed by atoms with van der Waals surface area (Å²) < 4.78 is 2.19. The number of hydrogen-bond donors (Lipinski definition) is 0. The van der Waals surface area contributed by atoms with Crippen molar-refractivity contribution in [3.8, 4) is 0 Å². The van der Waals surface area contributed by atoms with Crippen molar-refractivity contribution >= 4 is 43.2 Å². The first-order valence-corrected chi connectivity index (χ1v) is 7.61. The topological polar surface area (TPSA) is 4.93 Å². The van der Waals surface area contributed by atoms with Gasteiger partial charge in [-0.05, 0) is 50.5 Å². The average Bonchev–Trinajstić information content (AvgIpc) is 2.94. The summed E-state index contributed by atoms with van der Waals surface area (Å²) in [5.41, 5.74) is 1.29. The van der Waals surface area contributed by atoms with Crippen LogP contribution in [0.25, 0.3) is 43.2 Å². The summed E-state index contributed by atoms with van der Waals surface area (Å²) in [5, 5.41) is 9.31. The van der Waals surface area contributed by atoms with Gasteiger partial charge in [0.25, 0.3) is 0 Å². The average molecular weight is 281 g/mol. The van der Waals surface area contributed by atoms with Crippen molar-refractivity contribution in [3.63, 3.8) is 0 Å². The lowest BCUT2D eigenvalue weighted by Crippen LogP contribution is -1.86. The standard InChI is InChI=1S/C21H15N/c1-22-11-10-14-12-19-17-8-4-2-6-15(17)16-7-3-5-9-18(16)20(19)13-21(14)22/h2-13H,1H3. The smallest absolute Gasteiger partial charge is 0.0484 e. The molecule has 1 heterocycles. The lowest BCUT2D eigenvalue weighted by Gasteiger charge is -2.11. The van der Waals surface area contributed by atoms with Crippen molar-refractivity contribution in [3.05, 3.63) is 72.9 Å². The molecule has 0 amide bonds. The number of nitrogens with zero attached hydrogens (tertiary/aromatic N) is 1. The summed E-state index contributed by atoms with van der Waals surface area (Å²) in [7, 11) is 2.11. The first-order chi connectivity index (χ1) is 10.8. The van der Waals surface area contributed by atoms with Gasteiger partial charge in [-0.1, -0.05) is 48.5 Å². The molecule has 0 bridgehead atoms. The minimum absolute atomic E-state index is 1.29. The molecule has 0 aliphatic carbocycles. The third-order valence-corrected chi connectivity index (χ3v) is 4.75. The highest BCUT2D eigenvalue weighted by Gasteiger charge is 2.09. The van der Waals surface area contributed by atoms with Gasteiger partial charge in [0.2, 0.25) is 0 Å². The number of rotatable bonds is 0. The molecule has 5 rings (SSSR count). The molecule has 0 saturated heterocycles. The van der Waals surface area contributed by atoms with Crippen LogP contribution >= 0.6 is 0 Å². The maximum absolute atomic E-state index is 2.33. The fourth-order valence-electron chi connectivity index (χ4n) is 3.67. The third kappa shape index (κ3) is 1.43. The molecule has 0 atom stereocenters. The van der Waals surface area contributed by atoms with Crippen molar-refractivity contribution in [2.75, 3.05) is 0 Å². The van der Waals surface area contributed by atoms with E-state index in [0.717, 1.165) is 0 Å². The lowest BCUT2D eigenvalue weighted by molar-refractivity contribution is 0.970. The number of aromatic nitrogens is 1. The van der Waals surface area contributed by atoms with Gasteiger partial charge in [-0.2, -0.15) is 0 Å². The van der Waals surface area contributed by atoms with Crippen LogP contribution in [-0.2, 0) is 7.05 Å². The van der Waals surface area contributed by atoms with E-state index >= 15 is 0 Å². The van der Waals surface area contributed by atoms with E-state index in [1.807, 2.05) is 0 Å². The monoisotopic (exact) mass is 281 g/mol. The predicted octanol–water partition coefficient (Wildman–Crippen LogP) is 5.64. The minimum Gasteiger partial charge on any atom is -0.351 e. The Morgan fingerprint density at radius 2 is 1.09 bits per heavy atom. The van der Waals surface area contributed by atoms with Crippen LogP contribution in [0.4, 0.5) is 0 Å². The molecule has 0 aliphatic heterocycles. The fourth-order valence-corrected chi connectivity index (χ4v) is 3.67. The van der Waals surface area contributed by atoms with Gasteiger partial charge in [0.05, 0.1) is 0 Å². The summed E-state index contributed by atoms with van der Waals surface area (Å²) in [5.74, 6) is 0. The van der Waals surface area contributed by atoms with Crippen LogP contribution in [0.5, 0.6) is 0 Å². The quantitative estimate of drug-likeness (QED) is 0.324. The maximum Gasteiger partial charge on any atom is 0.0484 e. The van der Waals surface area contributed by atoms with E-state index in [0.29, 0.717) is 0 Å². The van der Waals surface area contributed by atoms with Gasteiger partial charge in [-0.25, -0.2) is 0 Å². The van der Waals surface area contributed by atoms with Crippen LogP contribution in [0.1, 0.15) is 0 Å². The normalized spacial score (nSPS) is 11.9. The molecular weight excluding hydrogens is 266 g/mol. The second kappa shape index (κ2) is 4.11. The molecule has 0 aliphatic rings. The zero-order valence-electron chi connectivity index (χ0n) is 12.4. The van der Waals surface area contributed by atoms with Gasteiger partial charge < -0.3 is 4.57 Å². The molecule has 5 aromatic rings. The van der Waals surface area contributed by atoms with E-state index in [2.05, 4.69) is 84.5 Å². The molecule has 0 unspecified atom stereocenters. The number of fused-ring (bicyclic) bond motifs is 7. The summed E-state index contributed by atoms with van der Waals surface area (Å²) in [4.78, 5) is 0. The minimum atomic E-state index is 1.29. The van der Waals surface area contributed by atoms with E-state index in [-0.39, 0.29) is 0 Å². The Labute approximate surface area is 128 Å². The van der Waals surface area contributed by atoms with Gasteiger partial charge in [0.1, 0.15) is 0 Å². The summed E-state index contributed by atoms with van der Waals surface area (Å²) >= 11 is 0. The summed E-state index contributed by atoms with van der Waals surface area (Å²) in [6, 6.07) is 24.3. The largest absolute Gasteiger partial charge is 0.351 e. The highest BCUT2D eigenvalue weighted by molar-refractivity contribution is 6.27. The van der Waals surface area contributed by atoms with Crippen LogP contribution in [0.15, 0.2) is 72.9 Å². The van der Waals surface area contributed by atoms with Crippen LogP contribution in [0.3, 0.4) is 0 Å². The van der Waals surface area contributed by atoms with Crippen LogP contribution in [0.2, 0.25) is 0 Å². The van der Waals surface area contributed by atoms with Crippen molar-refractivity contribution in [1.82, 2.24) is 4.57 Å². The van der Waals surface area contributed by atoms with Crippen molar-refractivity contribution in [1.29, 1.82) is 0 Å². The van der Waals surface area contributed by atoms with Crippen LogP contribution in [-0.4, -0.2) is 4.57 Å². The third-order valence-electron chi connectivity index (χ3n) is 4.75. The Balaban J connectivity index is 2.18. The lowest BCUT2D eigenvalue weighted by atomic mass is 9.93. The zero-order valence-corrected chi connectivity index (χ0v) is 12.4. The van der Waals surface area contributed by atoms with E-state index < -0.39 is 0 Å². The van der Waals surface area contributed by atoms with Gasteiger partial charge in [-0.3, -0.25) is 0 Å². The Bertz CT molecular complexity index is 1180. The van der Waals surface area contributed by atoms with Gasteiger partial charge in [0, 0.05) is 24.1 Å². The SMILES string of the molecule is Cn1ccc2cc3c4ccccc4c4ccccc4c3cc21. The summed E-state index contributed by atoms with van der Waals surface area (Å²) in [6.45, 7) is 0. The highest BCUT2D eigenvalue weighted by Crippen LogP contribution is 2.36. The maximum atomic E-state index is 2.33. The molecule has 4 aromatic carbocycles.